The van der Waals surface area contributed by atoms with Gasteiger partial charge in [-0.15, -0.1) is 0 Å². The highest BCUT2D eigenvalue weighted by Crippen LogP contribution is 2.31. The smallest absolute Gasteiger partial charge is 0.259 e. The van der Waals surface area contributed by atoms with Crippen LogP contribution in [0.4, 0.5) is 13.9 Å². The molecule has 9 heteroatoms. The molecule has 0 bridgehead atoms. The summed E-state index contributed by atoms with van der Waals surface area (Å²) in [5.74, 6) is -0.991. The van der Waals surface area contributed by atoms with E-state index in [4.69, 9.17) is 4.52 Å². The van der Waals surface area contributed by atoms with E-state index in [1.807, 2.05) is 30.3 Å². The number of benzene rings is 2. The molecule has 30 heavy (non-hydrogen) atoms. The normalized spacial score (nSPS) is 16.3. The third kappa shape index (κ3) is 3.41. The Morgan fingerprint density at radius 1 is 1.23 bits per heavy atom. The molecule has 1 atom stereocenters. The molecule has 1 N–H and O–H groups in total. The molecule has 152 valence electrons. The third-order valence-corrected chi connectivity index (χ3v) is 6.06. The number of nitrogens with zero attached hydrogens (tertiary/aromatic N) is 3. The van der Waals surface area contributed by atoms with Gasteiger partial charge in [0.25, 0.3) is 5.91 Å². The molecule has 1 fully saturated rings. The van der Waals surface area contributed by atoms with E-state index < -0.39 is 11.6 Å². The van der Waals surface area contributed by atoms with Crippen LogP contribution in [0.2, 0.25) is 0 Å². The van der Waals surface area contributed by atoms with Gasteiger partial charge in [-0.25, -0.2) is 13.8 Å². The SMILES string of the molecule is O=C(c1cnoc1-c1ccccc1)N1CCC(Nc2nc3cc(F)cc(F)c3s2)C1. The van der Waals surface area contributed by atoms with Gasteiger partial charge in [-0.2, -0.15) is 0 Å². The van der Waals surface area contributed by atoms with Crippen LogP contribution in [0.1, 0.15) is 16.8 Å². The lowest BCUT2D eigenvalue weighted by molar-refractivity contribution is 0.0792. The maximum atomic E-state index is 13.9. The maximum absolute atomic E-state index is 13.9. The number of hydrogen-bond donors (Lipinski definition) is 1. The van der Waals surface area contributed by atoms with Gasteiger partial charge >= 0.3 is 0 Å². The van der Waals surface area contributed by atoms with Crippen LogP contribution >= 0.6 is 11.3 Å². The van der Waals surface area contributed by atoms with Gasteiger partial charge < -0.3 is 14.7 Å². The fourth-order valence-corrected chi connectivity index (χ4v) is 4.55. The van der Waals surface area contributed by atoms with Gasteiger partial charge in [0.1, 0.15) is 17.2 Å². The second kappa shape index (κ2) is 7.49. The van der Waals surface area contributed by atoms with E-state index in [1.165, 1.54) is 12.3 Å². The molecule has 1 saturated heterocycles. The molecule has 5 rings (SSSR count). The largest absolute Gasteiger partial charge is 0.357 e. The second-order valence-corrected chi connectivity index (χ2v) is 8.07. The molecule has 1 unspecified atom stereocenters. The van der Waals surface area contributed by atoms with E-state index in [0.29, 0.717) is 40.7 Å². The number of likely N-dealkylation sites (tertiary alicyclic amines) is 1. The lowest BCUT2D eigenvalue weighted by atomic mass is 10.1. The van der Waals surface area contributed by atoms with Crippen molar-refractivity contribution in [1.82, 2.24) is 15.0 Å². The maximum Gasteiger partial charge on any atom is 0.259 e. The Hall–Kier alpha value is -3.33. The molecular weight excluding hydrogens is 410 g/mol. The second-order valence-electron chi connectivity index (χ2n) is 7.07. The third-order valence-electron chi connectivity index (χ3n) is 5.05. The summed E-state index contributed by atoms with van der Waals surface area (Å²) >= 11 is 1.13. The van der Waals surface area contributed by atoms with E-state index >= 15 is 0 Å². The predicted octanol–water partition coefficient (Wildman–Crippen LogP) is 4.56. The summed E-state index contributed by atoms with van der Waals surface area (Å²) in [6, 6.07) is 11.4. The van der Waals surface area contributed by atoms with Crippen LogP contribution in [-0.2, 0) is 0 Å². The number of rotatable bonds is 4. The molecular formula is C21H16F2N4O2S. The first-order chi connectivity index (χ1) is 14.6. The van der Waals surface area contributed by atoms with Crippen LogP contribution in [0.3, 0.4) is 0 Å². The summed E-state index contributed by atoms with van der Waals surface area (Å²) < 4.78 is 32.9. The van der Waals surface area contributed by atoms with E-state index in [0.717, 1.165) is 23.0 Å². The van der Waals surface area contributed by atoms with Gasteiger partial charge in [-0.05, 0) is 6.42 Å². The molecule has 1 amide bonds. The molecule has 0 spiro atoms. The Balaban J connectivity index is 1.30. The molecule has 0 saturated carbocycles. The Morgan fingerprint density at radius 3 is 2.90 bits per heavy atom. The molecule has 1 aliphatic rings. The van der Waals surface area contributed by atoms with Crippen LogP contribution in [0, 0.1) is 11.6 Å². The minimum Gasteiger partial charge on any atom is -0.357 e. The Bertz CT molecular complexity index is 1220. The number of anilines is 1. The van der Waals surface area contributed by atoms with Gasteiger partial charge in [-0.1, -0.05) is 46.8 Å². The Labute approximate surface area is 174 Å². The van der Waals surface area contributed by atoms with Crippen LogP contribution < -0.4 is 5.32 Å². The highest BCUT2D eigenvalue weighted by Gasteiger charge is 2.30. The highest BCUT2D eigenvalue weighted by atomic mass is 32.1. The number of aromatic nitrogens is 2. The van der Waals surface area contributed by atoms with Gasteiger partial charge in [0.15, 0.2) is 10.9 Å². The monoisotopic (exact) mass is 426 g/mol. The van der Waals surface area contributed by atoms with Crippen molar-refractivity contribution in [3.05, 3.63) is 65.9 Å². The van der Waals surface area contributed by atoms with E-state index in [-0.39, 0.29) is 17.5 Å². The number of hydrogen-bond acceptors (Lipinski definition) is 6. The number of fused-ring (bicyclic) bond motifs is 1. The molecule has 2 aromatic heterocycles. The molecule has 0 aliphatic carbocycles. The number of amides is 1. The minimum atomic E-state index is -0.655. The van der Waals surface area contributed by atoms with Crippen LogP contribution in [0.5, 0.6) is 0 Å². The fourth-order valence-electron chi connectivity index (χ4n) is 3.62. The van der Waals surface area contributed by atoms with Crippen molar-refractivity contribution in [3.8, 4) is 11.3 Å². The molecule has 0 radical (unpaired) electrons. The first-order valence-electron chi connectivity index (χ1n) is 9.40. The zero-order valence-corrected chi connectivity index (χ0v) is 16.5. The van der Waals surface area contributed by atoms with Crippen LogP contribution in [-0.4, -0.2) is 40.1 Å². The quantitative estimate of drug-likeness (QED) is 0.518. The molecule has 1 aliphatic heterocycles. The summed E-state index contributed by atoms with van der Waals surface area (Å²) in [4.78, 5) is 19.0. The molecule has 6 nitrogen and oxygen atoms in total. The van der Waals surface area contributed by atoms with E-state index in [1.54, 1.807) is 4.90 Å². The van der Waals surface area contributed by atoms with Crippen molar-refractivity contribution >= 4 is 32.6 Å². The van der Waals surface area contributed by atoms with Gasteiger partial charge in [-0.3, -0.25) is 4.79 Å². The van der Waals surface area contributed by atoms with E-state index in [9.17, 15) is 13.6 Å². The summed E-state index contributed by atoms with van der Waals surface area (Å²) in [6.07, 6.45) is 2.15. The Kier molecular flexibility index (Phi) is 4.66. The number of carbonyl (C=O) groups excluding carboxylic acids is 1. The van der Waals surface area contributed by atoms with E-state index in [2.05, 4.69) is 15.5 Å². The van der Waals surface area contributed by atoms with Crippen molar-refractivity contribution in [2.45, 2.75) is 12.5 Å². The van der Waals surface area contributed by atoms with Crippen molar-refractivity contribution in [1.29, 1.82) is 0 Å². The Morgan fingerprint density at radius 2 is 2.07 bits per heavy atom. The number of thiazole rings is 1. The zero-order chi connectivity index (χ0) is 20.7. The first kappa shape index (κ1) is 18.7. The number of halogens is 2. The molecule has 2 aromatic carbocycles. The van der Waals surface area contributed by atoms with Gasteiger partial charge in [0, 0.05) is 36.8 Å². The summed E-state index contributed by atoms with van der Waals surface area (Å²) in [5, 5.41) is 7.55. The van der Waals surface area contributed by atoms with Crippen molar-refractivity contribution < 1.29 is 18.1 Å². The van der Waals surface area contributed by atoms with Crippen molar-refractivity contribution in [2.75, 3.05) is 18.4 Å². The zero-order valence-electron chi connectivity index (χ0n) is 15.6. The summed E-state index contributed by atoms with van der Waals surface area (Å²) in [6.45, 7) is 1.02. The van der Waals surface area contributed by atoms with Crippen molar-refractivity contribution in [2.24, 2.45) is 0 Å². The summed E-state index contributed by atoms with van der Waals surface area (Å²) in [5.41, 5.74) is 1.48. The van der Waals surface area contributed by atoms with Gasteiger partial charge in [0.05, 0.1) is 16.4 Å². The number of carbonyl (C=O) groups is 1. The molecule has 3 heterocycles. The topological polar surface area (TPSA) is 71.3 Å². The lowest BCUT2D eigenvalue weighted by Crippen LogP contribution is -2.31. The van der Waals surface area contributed by atoms with Crippen LogP contribution in [0.15, 0.2) is 53.2 Å². The van der Waals surface area contributed by atoms with Crippen LogP contribution in [0.25, 0.3) is 21.5 Å². The highest BCUT2D eigenvalue weighted by molar-refractivity contribution is 7.22. The average Bonchev–Trinajstić information content (AvgIpc) is 3.47. The first-order valence-corrected chi connectivity index (χ1v) is 10.2. The molecule has 4 aromatic rings. The predicted molar refractivity (Wildman–Crippen MR) is 109 cm³/mol. The van der Waals surface area contributed by atoms with Gasteiger partial charge in [0.2, 0.25) is 0 Å². The van der Waals surface area contributed by atoms with Crippen molar-refractivity contribution in [3.63, 3.8) is 0 Å². The fraction of sp³-hybridized carbons (Fsp3) is 0.190. The standard InChI is InChI=1S/C21H16F2N4O2S/c22-13-8-16(23)19-17(9-13)26-21(30-19)25-14-6-7-27(11-14)20(28)15-10-24-29-18(15)12-4-2-1-3-5-12/h1-5,8-10,14H,6-7,11H2,(H,25,26). The lowest BCUT2D eigenvalue weighted by Gasteiger charge is -2.16. The average molecular weight is 426 g/mol. The number of nitrogens with one attached hydrogen (secondary N) is 1. The summed E-state index contributed by atoms with van der Waals surface area (Å²) in [7, 11) is 0. The minimum absolute atomic E-state index is 0.0394.